The van der Waals surface area contributed by atoms with Crippen molar-refractivity contribution < 1.29 is 4.39 Å². The van der Waals surface area contributed by atoms with Gasteiger partial charge in [0.05, 0.1) is 0 Å². The fourth-order valence-corrected chi connectivity index (χ4v) is 2.15. The average molecular weight is 335 g/mol. The molecule has 0 aliphatic rings. The molecule has 0 heterocycles. The van der Waals surface area contributed by atoms with Crippen LogP contribution in [0.5, 0.6) is 0 Å². The van der Waals surface area contributed by atoms with Crippen molar-refractivity contribution in [3.05, 3.63) is 69.5 Å². The Balaban J connectivity index is 0.00000200. The lowest BCUT2D eigenvalue weighted by Crippen LogP contribution is -2.17. The second-order valence-corrected chi connectivity index (χ2v) is 5.10. The maximum Gasteiger partial charge on any atom is 0.129 e. The van der Waals surface area contributed by atoms with Gasteiger partial charge in [-0.3, -0.25) is 0 Å². The number of hydrogen-bond acceptors (Lipinski definition) is 1. The first-order chi connectivity index (χ1) is 9.16. The van der Waals surface area contributed by atoms with Gasteiger partial charge in [-0.2, -0.15) is 0 Å². The van der Waals surface area contributed by atoms with E-state index in [1.807, 2.05) is 24.3 Å². The number of halogens is 4. The summed E-state index contributed by atoms with van der Waals surface area (Å²) in [5, 5.41) is 4.38. The summed E-state index contributed by atoms with van der Waals surface area (Å²) in [4.78, 5) is 0. The average Bonchev–Trinajstić information content (AvgIpc) is 2.39. The largest absolute Gasteiger partial charge is 0.312 e. The van der Waals surface area contributed by atoms with Crippen LogP contribution in [0.3, 0.4) is 0 Å². The third-order valence-electron chi connectivity index (χ3n) is 2.87. The summed E-state index contributed by atoms with van der Waals surface area (Å²) < 4.78 is 13.5. The number of hydrogen-bond donors (Lipinski definition) is 1. The summed E-state index contributed by atoms with van der Waals surface area (Å²) in [7, 11) is 0. The van der Waals surface area contributed by atoms with E-state index in [1.54, 1.807) is 12.1 Å². The molecule has 0 saturated carbocycles. The van der Waals surface area contributed by atoms with Gasteiger partial charge in [-0.05, 0) is 42.8 Å². The molecule has 2 aromatic carbocycles. The zero-order valence-corrected chi connectivity index (χ0v) is 13.0. The predicted octanol–water partition coefficient (Wildman–Crippen LogP) is 4.89. The monoisotopic (exact) mass is 333 g/mol. The molecule has 0 aliphatic heterocycles. The van der Waals surface area contributed by atoms with Gasteiger partial charge in [-0.15, -0.1) is 12.4 Å². The Morgan fingerprint density at radius 2 is 1.70 bits per heavy atom. The van der Waals surface area contributed by atoms with Gasteiger partial charge in [-0.25, -0.2) is 4.39 Å². The summed E-state index contributed by atoms with van der Waals surface area (Å²) in [6, 6.07) is 12.4. The number of benzene rings is 2. The molecule has 1 nitrogen and oxygen atoms in total. The molecule has 0 aliphatic carbocycles. The molecule has 0 spiro atoms. The molecule has 0 aromatic heterocycles. The third-order valence-corrected chi connectivity index (χ3v) is 3.47. The van der Waals surface area contributed by atoms with E-state index in [0.29, 0.717) is 17.1 Å². The Kier molecular flexibility index (Phi) is 7.31. The second kappa shape index (κ2) is 8.48. The van der Waals surface area contributed by atoms with E-state index in [1.165, 1.54) is 11.6 Å². The molecule has 1 N–H and O–H groups in total. The van der Waals surface area contributed by atoms with Crippen molar-refractivity contribution in [3.63, 3.8) is 0 Å². The maximum absolute atomic E-state index is 13.5. The quantitative estimate of drug-likeness (QED) is 0.768. The molecule has 0 fully saturated rings. The van der Waals surface area contributed by atoms with Crippen molar-refractivity contribution in [1.29, 1.82) is 0 Å². The lowest BCUT2D eigenvalue weighted by atomic mass is 10.1. The lowest BCUT2D eigenvalue weighted by Gasteiger charge is -2.08. The Hall–Kier alpha value is -0.800. The van der Waals surface area contributed by atoms with E-state index in [2.05, 4.69) is 5.32 Å². The van der Waals surface area contributed by atoms with E-state index in [4.69, 9.17) is 23.2 Å². The predicted molar refractivity (Wildman–Crippen MR) is 85.5 cm³/mol. The number of rotatable bonds is 5. The van der Waals surface area contributed by atoms with Crippen LogP contribution < -0.4 is 5.32 Å². The van der Waals surface area contributed by atoms with Gasteiger partial charge in [0.2, 0.25) is 0 Å². The Bertz CT molecular complexity index is 523. The normalized spacial score (nSPS) is 10.2. The summed E-state index contributed by atoms with van der Waals surface area (Å²) in [6.45, 7) is 1.19. The molecular formula is C15H15Cl3FN. The fourth-order valence-electron chi connectivity index (χ4n) is 1.80. The summed E-state index contributed by atoms with van der Waals surface area (Å²) >= 11 is 11.8. The zero-order valence-electron chi connectivity index (χ0n) is 10.7. The fraction of sp³-hybridized carbons (Fsp3) is 0.200. The van der Waals surface area contributed by atoms with Crippen LogP contribution in [-0.2, 0) is 13.0 Å². The van der Waals surface area contributed by atoms with Crippen LogP contribution in [-0.4, -0.2) is 6.54 Å². The van der Waals surface area contributed by atoms with Crippen LogP contribution in [0, 0.1) is 5.82 Å². The molecule has 20 heavy (non-hydrogen) atoms. The highest BCUT2D eigenvalue weighted by molar-refractivity contribution is 6.31. The summed E-state index contributed by atoms with van der Waals surface area (Å²) in [6.07, 6.45) is 0.864. The van der Waals surface area contributed by atoms with Crippen molar-refractivity contribution in [2.24, 2.45) is 0 Å². The van der Waals surface area contributed by atoms with Gasteiger partial charge >= 0.3 is 0 Å². The van der Waals surface area contributed by atoms with Crippen LogP contribution in [0.2, 0.25) is 10.0 Å². The lowest BCUT2D eigenvalue weighted by molar-refractivity contribution is 0.588. The van der Waals surface area contributed by atoms with Crippen molar-refractivity contribution in [2.75, 3.05) is 6.54 Å². The highest BCUT2D eigenvalue weighted by Crippen LogP contribution is 2.18. The third kappa shape index (κ3) is 4.95. The van der Waals surface area contributed by atoms with E-state index in [9.17, 15) is 4.39 Å². The smallest absolute Gasteiger partial charge is 0.129 e. The topological polar surface area (TPSA) is 12.0 Å². The van der Waals surface area contributed by atoms with Crippen molar-refractivity contribution in [3.8, 4) is 0 Å². The Labute approximate surface area is 134 Å². The molecule has 0 atom stereocenters. The van der Waals surface area contributed by atoms with Gasteiger partial charge in [0, 0.05) is 22.2 Å². The molecule has 108 valence electrons. The minimum atomic E-state index is -0.272. The molecule has 0 bridgehead atoms. The molecule has 2 aromatic rings. The van der Waals surface area contributed by atoms with Gasteiger partial charge in [0.15, 0.2) is 0 Å². The molecular weight excluding hydrogens is 320 g/mol. The van der Waals surface area contributed by atoms with E-state index < -0.39 is 0 Å². The summed E-state index contributed by atoms with van der Waals surface area (Å²) in [5.74, 6) is -0.272. The standard InChI is InChI=1S/C15H14Cl2FN.ClH/c16-12-6-4-11(5-7-12)8-9-19-10-13-14(17)2-1-3-15(13)18;/h1-7,19H,8-10H2;1H. The Morgan fingerprint density at radius 3 is 2.35 bits per heavy atom. The van der Waals surface area contributed by atoms with Crippen LogP contribution in [0.25, 0.3) is 0 Å². The first-order valence-electron chi connectivity index (χ1n) is 6.05. The first-order valence-corrected chi connectivity index (χ1v) is 6.80. The second-order valence-electron chi connectivity index (χ2n) is 4.25. The molecule has 2 rings (SSSR count). The molecule has 0 unspecified atom stereocenters. The molecule has 5 heteroatoms. The molecule has 0 saturated heterocycles. The Morgan fingerprint density at radius 1 is 1.00 bits per heavy atom. The molecule has 0 radical (unpaired) electrons. The van der Waals surface area contributed by atoms with Crippen LogP contribution in [0.1, 0.15) is 11.1 Å². The van der Waals surface area contributed by atoms with E-state index >= 15 is 0 Å². The van der Waals surface area contributed by atoms with Gasteiger partial charge in [-0.1, -0.05) is 41.4 Å². The van der Waals surface area contributed by atoms with Gasteiger partial charge < -0.3 is 5.32 Å². The highest BCUT2D eigenvalue weighted by atomic mass is 35.5. The van der Waals surface area contributed by atoms with Crippen LogP contribution in [0.4, 0.5) is 4.39 Å². The SMILES string of the molecule is Cl.Fc1cccc(Cl)c1CNCCc1ccc(Cl)cc1. The minimum absolute atomic E-state index is 0. The van der Waals surface area contributed by atoms with E-state index in [0.717, 1.165) is 18.0 Å². The van der Waals surface area contributed by atoms with Crippen LogP contribution >= 0.6 is 35.6 Å². The summed E-state index contributed by atoms with van der Waals surface area (Å²) in [5.41, 5.74) is 1.71. The van der Waals surface area contributed by atoms with Crippen molar-refractivity contribution in [1.82, 2.24) is 5.32 Å². The van der Waals surface area contributed by atoms with Crippen molar-refractivity contribution >= 4 is 35.6 Å². The number of nitrogens with one attached hydrogen (secondary N) is 1. The van der Waals surface area contributed by atoms with Crippen LogP contribution in [0.15, 0.2) is 42.5 Å². The molecule has 0 amide bonds. The van der Waals surface area contributed by atoms with Gasteiger partial charge in [0.25, 0.3) is 0 Å². The first kappa shape index (κ1) is 17.3. The van der Waals surface area contributed by atoms with Gasteiger partial charge in [0.1, 0.15) is 5.82 Å². The van der Waals surface area contributed by atoms with Crippen molar-refractivity contribution in [2.45, 2.75) is 13.0 Å². The zero-order chi connectivity index (χ0) is 13.7. The maximum atomic E-state index is 13.5. The van der Waals surface area contributed by atoms with E-state index in [-0.39, 0.29) is 18.2 Å². The highest BCUT2D eigenvalue weighted by Gasteiger charge is 2.05. The minimum Gasteiger partial charge on any atom is -0.312 e.